The molecule has 1 aromatic heterocycles. The van der Waals surface area contributed by atoms with Crippen LogP contribution in [0.25, 0.3) is 0 Å². The number of halogens is 3. The molecule has 2 atom stereocenters. The van der Waals surface area contributed by atoms with Crippen molar-refractivity contribution in [2.45, 2.75) is 24.7 Å². The van der Waals surface area contributed by atoms with Gasteiger partial charge in [-0.3, -0.25) is 4.79 Å². The standard InChI is InChI=1S/C25H26F3N5O2/c1-35-19-9-7-17(8-10-19)20-15-22(25(26,27)28)33-23(29-20)16-21(30-33)24(34)32-13-11-31(12-14-32)18-5-3-2-4-6-18/h2-10,16,20,22,29H,11-15H2,1H3/t20-,22+/m1/s1. The molecule has 0 unspecified atom stereocenters. The number of rotatable bonds is 4. The van der Waals surface area contributed by atoms with Crippen LogP contribution in [-0.2, 0) is 0 Å². The number of carbonyl (C=O) groups excluding carboxylic acids is 1. The second-order valence-corrected chi connectivity index (χ2v) is 8.74. The van der Waals surface area contributed by atoms with Gasteiger partial charge in [0.05, 0.1) is 13.2 Å². The predicted octanol–water partition coefficient (Wildman–Crippen LogP) is 4.51. The summed E-state index contributed by atoms with van der Waals surface area (Å²) < 4.78 is 48.0. The van der Waals surface area contributed by atoms with Crippen molar-refractivity contribution in [3.63, 3.8) is 0 Å². The SMILES string of the molecule is COc1ccc([C@H]2C[C@@H](C(F)(F)F)n3nc(C(=O)N4CCN(c5ccccc5)CC4)cc3N2)cc1. The molecule has 1 N–H and O–H groups in total. The third-order valence-electron chi connectivity index (χ3n) is 6.62. The Morgan fingerprint density at radius 3 is 2.34 bits per heavy atom. The molecule has 1 amide bonds. The number of nitrogens with one attached hydrogen (secondary N) is 1. The van der Waals surface area contributed by atoms with Crippen LogP contribution < -0.4 is 15.0 Å². The lowest BCUT2D eigenvalue weighted by Gasteiger charge is -2.35. The molecule has 0 spiro atoms. The number of benzene rings is 2. The number of amides is 1. The molecule has 1 saturated heterocycles. The largest absolute Gasteiger partial charge is 0.497 e. The minimum Gasteiger partial charge on any atom is -0.497 e. The van der Waals surface area contributed by atoms with Crippen LogP contribution in [0.4, 0.5) is 24.7 Å². The fourth-order valence-corrected chi connectivity index (χ4v) is 4.70. The zero-order valence-electron chi connectivity index (χ0n) is 19.2. The Morgan fingerprint density at radius 1 is 1.03 bits per heavy atom. The lowest BCUT2D eigenvalue weighted by atomic mass is 9.97. The monoisotopic (exact) mass is 485 g/mol. The van der Waals surface area contributed by atoms with E-state index in [1.807, 2.05) is 30.3 Å². The van der Waals surface area contributed by atoms with E-state index in [-0.39, 0.29) is 23.8 Å². The number of nitrogens with zero attached hydrogens (tertiary/aromatic N) is 4. The van der Waals surface area contributed by atoms with Crippen molar-refractivity contribution in [1.82, 2.24) is 14.7 Å². The van der Waals surface area contributed by atoms with Gasteiger partial charge in [0.15, 0.2) is 11.7 Å². The number of methoxy groups -OCH3 is 1. The number of hydrogen-bond donors (Lipinski definition) is 1. The average molecular weight is 486 g/mol. The highest BCUT2D eigenvalue weighted by Gasteiger charge is 2.47. The molecule has 0 aliphatic carbocycles. The Bertz CT molecular complexity index is 1170. The minimum absolute atomic E-state index is 0.0188. The fraction of sp³-hybridized carbons (Fsp3) is 0.360. The fourth-order valence-electron chi connectivity index (χ4n) is 4.70. The summed E-state index contributed by atoms with van der Waals surface area (Å²) in [6.45, 7) is 2.24. The van der Waals surface area contributed by atoms with E-state index in [2.05, 4.69) is 15.3 Å². The Kier molecular flexibility index (Phi) is 6.04. The number of aromatic nitrogens is 2. The van der Waals surface area contributed by atoms with Crippen LogP contribution in [0.1, 0.15) is 34.6 Å². The molecule has 1 fully saturated rings. The molecule has 2 aliphatic heterocycles. The maximum atomic E-state index is 14.0. The molecule has 7 nitrogen and oxygen atoms in total. The Labute approximate surface area is 201 Å². The summed E-state index contributed by atoms with van der Waals surface area (Å²) in [6.07, 6.45) is -4.73. The lowest BCUT2D eigenvalue weighted by molar-refractivity contribution is -0.173. The van der Waals surface area contributed by atoms with Gasteiger partial charge in [0.1, 0.15) is 11.6 Å². The molecular weight excluding hydrogens is 459 g/mol. The van der Waals surface area contributed by atoms with Crippen LogP contribution in [-0.4, -0.2) is 60.1 Å². The molecule has 0 saturated carbocycles. The highest BCUT2D eigenvalue weighted by molar-refractivity contribution is 5.93. The van der Waals surface area contributed by atoms with Gasteiger partial charge in [0.2, 0.25) is 0 Å². The van der Waals surface area contributed by atoms with Crippen LogP contribution in [0.5, 0.6) is 5.75 Å². The molecule has 10 heteroatoms. The van der Waals surface area contributed by atoms with Crippen molar-refractivity contribution < 1.29 is 22.7 Å². The maximum Gasteiger partial charge on any atom is 0.410 e. The van der Waals surface area contributed by atoms with Crippen molar-refractivity contribution in [2.24, 2.45) is 0 Å². The summed E-state index contributed by atoms with van der Waals surface area (Å²) in [4.78, 5) is 17.0. The maximum absolute atomic E-state index is 14.0. The zero-order chi connectivity index (χ0) is 24.6. The summed E-state index contributed by atoms with van der Waals surface area (Å²) in [6, 6.07) is 15.9. The van der Waals surface area contributed by atoms with Crippen molar-refractivity contribution >= 4 is 17.4 Å². The van der Waals surface area contributed by atoms with Crippen LogP contribution in [0.3, 0.4) is 0 Å². The van der Waals surface area contributed by atoms with E-state index in [0.717, 1.165) is 10.4 Å². The topological polar surface area (TPSA) is 62.6 Å². The van der Waals surface area contributed by atoms with Crippen molar-refractivity contribution in [1.29, 1.82) is 0 Å². The molecule has 35 heavy (non-hydrogen) atoms. The number of carbonyl (C=O) groups is 1. The van der Waals surface area contributed by atoms with E-state index in [1.165, 1.54) is 13.2 Å². The summed E-state index contributed by atoms with van der Waals surface area (Å²) >= 11 is 0. The van der Waals surface area contributed by atoms with Gasteiger partial charge in [-0.15, -0.1) is 0 Å². The van der Waals surface area contributed by atoms with E-state index in [4.69, 9.17) is 4.74 Å². The summed E-state index contributed by atoms with van der Waals surface area (Å²) in [5.74, 6) is 0.455. The third-order valence-corrected chi connectivity index (χ3v) is 6.62. The van der Waals surface area contributed by atoms with Gasteiger partial charge in [0.25, 0.3) is 5.91 Å². The normalized spacial score (nSPS) is 20.2. The van der Waals surface area contributed by atoms with Crippen molar-refractivity contribution in [3.8, 4) is 5.75 Å². The summed E-state index contributed by atoms with van der Waals surface area (Å²) in [5, 5.41) is 7.26. The van der Waals surface area contributed by atoms with Crippen molar-refractivity contribution in [2.75, 3.05) is 43.5 Å². The molecule has 0 bridgehead atoms. The first-order valence-corrected chi connectivity index (χ1v) is 11.5. The van der Waals surface area contributed by atoms with E-state index in [9.17, 15) is 18.0 Å². The number of anilines is 2. The van der Waals surface area contributed by atoms with Gasteiger partial charge in [-0.2, -0.15) is 18.3 Å². The Morgan fingerprint density at radius 2 is 1.71 bits per heavy atom. The Hall–Kier alpha value is -3.69. The predicted molar refractivity (Wildman–Crippen MR) is 126 cm³/mol. The van der Waals surface area contributed by atoms with Gasteiger partial charge in [-0.05, 0) is 29.8 Å². The van der Waals surface area contributed by atoms with Gasteiger partial charge in [0, 0.05) is 44.4 Å². The summed E-state index contributed by atoms with van der Waals surface area (Å²) in [5.41, 5.74) is 1.81. The van der Waals surface area contributed by atoms with E-state index in [0.29, 0.717) is 37.5 Å². The molecule has 2 aromatic carbocycles. The first-order chi connectivity index (χ1) is 16.8. The van der Waals surface area contributed by atoms with E-state index >= 15 is 0 Å². The molecule has 5 rings (SSSR count). The van der Waals surface area contributed by atoms with Crippen LogP contribution >= 0.6 is 0 Å². The van der Waals surface area contributed by atoms with Gasteiger partial charge >= 0.3 is 6.18 Å². The van der Waals surface area contributed by atoms with Gasteiger partial charge < -0.3 is 19.9 Å². The third kappa shape index (κ3) is 4.65. The second kappa shape index (κ2) is 9.16. The minimum atomic E-state index is -4.50. The smallest absolute Gasteiger partial charge is 0.410 e. The number of piperazine rings is 1. The van der Waals surface area contributed by atoms with Crippen LogP contribution in [0.2, 0.25) is 0 Å². The number of hydrogen-bond acceptors (Lipinski definition) is 5. The molecule has 3 aromatic rings. The molecule has 184 valence electrons. The zero-order valence-corrected chi connectivity index (χ0v) is 19.2. The number of alkyl halides is 3. The number of ether oxygens (including phenoxy) is 1. The quantitative estimate of drug-likeness (QED) is 0.589. The molecular formula is C25H26F3N5O2. The summed E-state index contributed by atoms with van der Waals surface area (Å²) in [7, 11) is 1.53. The molecule has 2 aliphatic rings. The van der Waals surface area contributed by atoms with Gasteiger partial charge in [-0.1, -0.05) is 30.3 Å². The average Bonchev–Trinajstić information content (AvgIpc) is 3.32. The van der Waals surface area contributed by atoms with Crippen molar-refractivity contribution in [3.05, 3.63) is 71.9 Å². The van der Waals surface area contributed by atoms with E-state index in [1.54, 1.807) is 29.2 Å². The van der Waals surface area contributed by atoms with Crippen LogP contribution in [0.15, 0.2) is 60.7 Å². The number of fused-ring (bicyclic) bond motifs is 1. The first kappa shape index (κ1) is 23.1. The first-order valence-electron chi connectivity index (χ1n) is 11.5. The lowest BCUT2D eigenvalue weighted by Crippen LogP contribution is -2.49. The Balaban J connectivity index is 1.34. The highest BCUT2D eigenvalue weighted by Crippen LogP contribution is 2.43. The molecule has 3 heterocycles. The van der Waals surface area contributed by atoms with E-state index < -0.39 is 18.3 Å². The van der Waals surface area contributed by atoms with Crippen LogP contribution in [0, 0.1) is 0 Å². The highest BCUT2D eigenvalue weighted by atomic mass is 19.4. The molecule has 0 radical (unpaired) electrons. The number of para-hydroxylation sites is 1. The second-order valence-electron chi connectivity index (χ2n) is 8.74. The van der Waals surface area contributed by atoms with Gasteiger partial charge in [-0.25, -0.2) is 4.68 Å².